The first-order chi connectivity index (χ1) is 11.0. The van der Waals surface area contributed by atoms with Crippen LogP contribution in [0.1, 0.15) is 15.9 Å². The number of ether oxygens (including phenoxy) is 1. The number of hydrogen-bond acceptors (Lipinski definition) is 2. The van der Waals surface area contributed by atoms with Crippen LogP contribution < -0.4 is 10.1 Å². The van der Waals surface area contributed by atoms with Crippen LogP contribution in [0, 0.1) is 0 Å². The van der Waals surface area contributed by atoms with Crippen molar-refractivity contribution in [3.63, 3.8) is 0 Å². The lowest BCUT2D eigenvalue weighted by Crippen LogP contribution is -2.26. The van der Waals surface area contributed by atoms with Gasteiger partial charge in [-0.15, -0.1) is 0 Å². The van der Waals surface area contributed by atoms with E-state index in [2.05, 4.69) is 26.0 Å². The van der Waals surface area contributed by atoms with E-state index in [9.17, 15) is 13.6 Å². The van der Waals surface area contributed by atoms with Crippen LogP contribution in [0.2, 0.25) is 5.02 Å². The number of hydrogen-bond donors (Lipinski definition) is 1. The molecule has 0 aliphatic heterocycles. The van der Waals surface area contributed by atoms with Gasteiger partial charge >= 0.3 is 6.61 Å². The fourth-order valence-electron chi connectivity index (χ4n) is 1.92. The topological polar surface area (TPSA) is 38.3 Å². The zero-order chi connectivity index (χ0) is 16.8. The van der Waals surface area contributed by atoms with E-state index < -0.39 is 6.61 Å². The highest BCUT2D eigenvalue weighted by Crippen LogP contribution is 2.21. The Balaban J connectivity index is 1.87. The Morgan fingerprint density at radius 2 is 1.91 bits per heavy atom. The van der Waals surface area contributed by atoms with E-state index in [1.165, 1.54) is 12.1 Å². The Kier molecular flexibility index (Phi) is 6.36. The third-order valence-corrected chi connectivity index (χ3v) is 3.84. The van der Waals surface area contributed by atoms with Crippen molar-refractivity contribution in [3.05, 3.63) is 63.1 Å². The average Bonchev–Trinajstić information content (AvgIpc) is 2.51. The number of halogens is 4. The van der Waals surface area contributed by atoms with Gasteiger partial charge in [-0.3, -0.25) is 4.79 Å². The molecule has 3 nitrogen and oxygen atoms in total. The molecule has 0 spiro atoms. The van der Waals surface area contributed by atoms with Crippen molar-refractivity contribution in [1.29, 1.82) is 0 Å². The molecule has 0 fully saturated rings. The Labute approximate surface area is 145 Å². The van der Waals surface area contributed by atoms with Crippen LogP contribution >= 0.6 is 27.5 Å². The van der Waals surface area contributed by atoms with Crippen molar-refractivity contribution in [2.75, 3.05) is 6.54 Å². The number of benzene rings is 2. The summed E-state index contributed by atoms with van der Waals surface area (Å²) >= 11 is 9.28. The maximum atomic E-state index is 12.1. The minimum absolute atomic E-state index is 0.105. The molecule has 1 N–H and O–H groups in total. The summed E-state index contributed by atoms with van der Waals surface area (Å²) in [6.45, 7) is -2.44. The number of rotatable bonds is 6. The lowest BCUT2D eigenvalue weighted by atomic mass is 10.1. The molecular formula is C16H13BrClF2NO2. The molecule has 0 saturated carbocycles. The third-order valence-electron chi connectivity index (χ3n) is 3.02. The molecule has 1 amide bonds. The van der Waals surface area contributed by atoms with Gasteiger partial charge in [0.2, 0.25) is 0 Å². The highest BCUT2D eigenvalue weighted by Gasteiger charge is 2.10. The zero-order valence-corrected chi connectivity index (χ0v) is 14.2. The SMILES string of the molecule is O=C(NCCc1ccc(OC(F)F)cc1)c1cc(Br)ccc1Cl. The summed E-state index contributed by atoms with van der Waals surface area (Å²) < 4.78 is 29.1. The second-order valence-electron chi connectivity index (χ2n) is 4.65. The first-order valence-electron chi connectivity index (χ1n) is 6.72. The molecule has 2 rings (SSSR count). The van der Waals surface area contributed by atoms with Crippen LogP contribution in [-0.4, -0.2) is 19.1 Å². The van der Waals surface area contributed by atoms with Gasteiger partial charge in [-0.05, 0) is 42.3 Å². The van der Waals surface area contributed by atoms with Crippen LogP contribution in [0.4, 0.5) is 8.78 Å². The maximum absolute atomic E-state index is 12.1. The number of carbonyl (C=O) groups is 1. The summed E-state index contributed by atoms with van der Waals surface area (Å²) in [5.74, 6) is -0.164. The van der Waals surface area contributed by atoms with Gasteiger partial charge in [-0.25, -0.2) is 0 Å². The van der Waals surface area contributed by atoms with Crippen molar-refractivity contribution in [1.82, 2.24) is 5.32 Å². The van der Waals surface area contributed by atoms with Gasteiger partial charge in [0.1, 0.15) is 5.75 Å². The Morgan fingerprint density at radius 3 is 2.57 bits per heavy atom. The standard InChI is InChI=1S/C16H13BrClF2NO2/c17-11-3-6-14(18)13(9-11)15(22)21-8-7-10-1-4-12(5-2-10)23-16(19)20/h1-6,9,16H,7-8H2,(H,21,22). The summed E-state index contributed by atoms with van der Waals surface area (Å²) in [4.78, 5) is 12.1. The lowest BCUT2D eigenvalue weighted by Gasteiger charge is -2.08. The molecule has 0 aliphatic rings. The highest BCUT2D eigenvalue weighted by molar-refractivity contribution is 9.10. The summed E-state index contributed by atoms with van der Waals surface area (Å²) in [7, 11) is 0. The molecule has 0 bridgehead atoms. The minimum atomic E-state index is -2.84. The van der Waals surface area contributed by atoms with E-state index in [1.807, 2.05) is 0 Å². The van der Waals surface area contributed by atoms with Crippen LogP contribution in [0.25, 0.3) is 0 Å². The fourth-order valence-corrected chi connectivity index (χ4v) is 2.49. The third kappa shape index (κ3) is 5.48. The first kappa shape index (κ1) is 17.7. The monoisotopic (exact) mass is 403 g/mol. The van der Waals surface area contributed by atoms with Crippen LogP contribution in [0.5, 0.6) is 5.75 Å². The van der Waals surface area contributed by atoms with Gasteiger partial charge in [-0.2, -0.15) is 8.78 Å². The van der Waals surface area contributed by atoms with Gasteiger partial charge in [0, 0.05) is 11.0 Å². The molecule has 2 aromatic carbocycles. The predicted octanol–water partition coefficient (Wildman–Crippen LogP) is 4.68. The Bertz CT molecular complexity index is 680. The Hall–Kier alpha value is -1.66. The molecular weight excluding hydrogens is 392 g/mol. The molecule has 0 heterocycles. The van der Waals surface area contributed by atoms with Gasteiger partial charge in [0.15, 0.2) is 0 Å². The largest absolute Gasteiger partial charge is 0.435 e. The smallest absolute Gasteiger partial charge is 0.387 e. The van der Waals surface area contributed by atoms with Crippen LogP contribution in [0.15, 0.2) is 46.9 Å². The van der Waals surface area contributed by atoms with E-state index in [1.54, 1.807) is 30.3 Å². The van der Waals surface area contributed by atoms with Crippen molar-refractivity contribution in [2.24, 2.45) is 0 Å². The van der Waals surface area contributed by atoms with Crippen molar-refractivity contribution in [3.8, 4) is 5.75 Å². The molecule has 0 saturated heterocycles. The van der Waals surface area contributed by atoms with E-state index in [4.69, 9.17) is 11.6 Å². The Morgan fingerprint density at radius 1 is 1.22 bits per heavy atom. The molecule has 0 aromatic heterocycles. The predicted molar refractivity (Wildman–Crippen MR) is 88.3 cm³/mol. The first-order valence-corrected chi connectivity index (χ1v) is 7.90. The van der Waals surface area contributed by atoms with E-state index in [0.29, 0.717) is 23.6 Å². The van der Waals surface area contributed by atoms with Gasteiger partial charge in [-0.1, -0.05) is 39.7 Å². The van der Waals surface area contributed by atoms with E-state index in [-0.39, 0.29) is 11.7 Å². The molecule has 0 unspecified atom stereocenters. The number of amides is 1. The number of alkyl halides is 2. The van der Waals surface area contributed by atoms with Crippen molar-refractivity contribution < 1.29 is 18.3 Å². The lowest BCUT2D eigenvalue weighted by molar-refractivity contribution is -0.0498. The van der Waals surface area contributed by atoms with Gasteiger partial charge in [0.05, 0.1) is 10.6 Å². The van der Waals surface area contributed by atoms with Gasteiger partial charge < -0.3 is 10.1 Å². The number of nitrogens with one attached hydrogen (secondary N) is 1. The quantitative estimate of drug-likeness (QED) is 0.759. The van der Waals surface area contributed by atoms with Crippen molar-refractivity contribution >= 4 is 33.4 Å². The summed E-state index contributed by atoms with van der Waals surface area (Å²) in [6, 6.07) is 11.3. The zero-order valence-electron chi connectivity index (χ0n) is 11.9. The average molecular weight is 405 g/mol. The molecule has 23 heavy (non-hydrogen) atoms. The fraction of sp³-hybridized carbons (Fsp3) is 0.188. The minimum Gasteiger partial charge on any atom is -0.435 e. The van der Waals surface area contributed by atoms with Crippen LogP contribution in [-0.2, 0) is 6.42 Å². The summed E-state index contributed by atoms with van der Waals surface area (Å²) in [5, 5.41) is 3.14. The van der Waals surface area contributed by atoms with Crippen molar-refractivity contribution in [2.45, 2.75) is 13.0 Å². The van der Waals surface area contributed by atoms with Crippen LogP contribution in [0.3, 0.4) is 0 Å². The van der Waals surface area contributed by atoms with E-state index >= 15 is 0 Å². The molecule has 0 aliphatic carbocycles. The maximum Gasteiger partial charge on any atom is 0.387 e. The molecule has 122 valence electrons. The van der Waals surface area contributed by atoms with E-state index in [0.717, 1.165) is 10.0 Å². The molecule has 0 atom stereocenters. The van der Waals surface area contributed by atoms with Gasteiger partial charge in [0.25, 0.3) is 5.91 Å². The highest BCUT2D eigenvalue weighted by atomic mass is 79.9. The molecule has 0 radical (unpaired) electrons. The summed E-state index contributed by atoms with van der Waals surface area (Å²) in [5.41, 5.74) is 1.29. The molecule has 2 aromatic rings. The second-order valence-corrected chi connectivity index (χ2v) is 5.98. The number of carbonyl (C=O) groups excluding carboxylic acids is 1. The molecule has 7 heteroatoms. The summed E-state index contributed by atoms with van der Waals surface area (Å²) in [6.07, 6.45) is 0.562. The second kappa shape index (κ2) is 8.26. The normalized spacial score (nSPS) is 10.7.